The zero-order chi connectivity index (χ0) is 11.0. The van der Waals surface area contributed by atoms with E-state index in [1.807, 2.05) is 0 Å². The van der Waals surface area contributed by atoms with Gasteiger partial charge in [0, 0.05) is 0 Å². The van der Waals surface area contributed by atoms with E-state index in [0.717, 1.165) is 17.8 Å². The normalized spacial score (nSPS) is 65.1. The van der Waals surface area contributed by atoms with Crippen molar-refractivity contribution >= 4 is 0 Å². The highest BCUT2D eigenvalue weighted by Gasteiger charge is 2.76. The van der Waals surface area contributed by atoms with Gasteiger partial charge in [0.2, 0.25) is 0 Å². The summed E-state index contributed by atoms with van der Waals surface area (Å²) in [4.78, 5) is 0. The van der Waals surface area contributed by atoms with Crippen LogP contribution >= 0.6 is 0 Å². The molecule has 90 valence electrons. The fraction of sp³-hybridized carbons (Fsp3) is 1.00. The minimum absolute atomic E-state index is 1.09. The van der Waals surface area contributed by atoms with Crippen molar-refractivity contribution in [1.29, 1.82) is 0 Å². The minimum Gasteiger partial charge on any atom is -0.0654 e. The van der Waals surface area contributed by atoms with Gasteiger partial charge in [0.1, 0.15) is 0 Å². The molecule has 0 N–H and O–H groups in total. The van der Waals surface area contributed by atoms with Gasteiger partial charge in [0.25, 0.3) is 0 Å². The molecule has 0 amide bonds. The second-order valence-corrected chi connectivity index (χ2v) is 7.43. The lowest BCUT2D eigenvalue weighted by atomic mass is 9.22. The van der Waals surface area contributed by atoms with Crippen molar-refractivity contribution < 1.29 is 0 Å². The summed E-state index contributed by atoms with van der Waals surface area (Å²) in [6, 6.07) is 0. The molecule has 16 heavy (non-hydrogen) atoms. The van der Waals surface area contributed by atoms with Crippen molar-refractivity contribution in [2.45, 2.75) is 46.5 Å². The van der Waals surface area contributed by atoms with Crippen LogP contribution in [-0.2, 0) is 0 Å². The summed E-state index contributed by atoms with van der Waals surface area (Å²) in [5.41, 5.74) is 0. The molecule has 4 rings (SSSR count). The molecule has 0 heteroatoms. The lowest BCUT2D eigenvalue weighted by Crippen LogP contribution is -2.78. The molecule has 9 atom stereocenters. The van der Waals surface area contributed by atoms with Gasteiger partial charge < -0.3 is 0 Å². The Morgan fingerprint density at radius 1 is 0.938 bits per heavy atom. The third-order valence-corrected chi connectivity index (χ3v) is 7.18. The minimum atomic E-state index is 1.09. The average molecular weight is 218 g/mol. The maximum absolute atomic E-state index is 2.56. The van der Waals surface area contributed by atoms with Crippen LogP contribution in [0.5, 0.6) is 0 Å². The molecule has 0 heterocycles. The van der Waals surface area contributed by atoms with Gasteiger partial charge >= 0.3 is 0 Å². The second kappa shape index (κ2) is 3.06. The number of fused-ring (bicyclic) bond motifs is 7. The summed E-state index contributed by atoms with van der Waals surface area (Å²) in [5.74, 6) is 10.6. The highest BCUT2D eigenvalue weighted by atomic mass is 14.8. The average Bonchev–Trinajstić information content (AvgIpc) is 2.25. The Bertz CT molecular complexity index is 307. The van der Waals surface area contributed by atoms with Gasteiger partial charge in [-0.2, -0.15) is 0 Å². The fourth-order valence-corrected chi connectivity index (χ4v) is 6.53. The first-order chi connectivity index (χ1) is 7.75. The standard InChI is InChI=1S/C16H26/c1-4-5-6-10-9(3)13-14(10)16-12-8(2)7-11(12)15(13)16/h8-16H,4-7H2,1-3H3. The molecule has 0 spiro atoms. The monoisotopic (exact) mass is 218 g/mol. The van der Waals surface area contributed by atoms with E-state index in [2.05, 4.69) is 20.8 Å². The summed E-state index contributed by atoms with van der Waals surface area (Å²) in [6.45, 7) is 7.42. The van der Waals surface area contributed by atoms with Crippen LogP contribution in [0.4, 0.5) is 0 Å². The molecule has 4 aliphatic carbocycles. The molecule has 0 aromatic heterocycles. The quantitative estimate of drug-likeness (QED) is 0.666. The van der Waals surface area contributed by atoms with E-state index in [1.54, 1.807) is 12.8 Å². The molecule has 0 aromatic carbocycles. The van der Waals surface area contributed by atoms with Crippen LogP contribution < -0.4 is 0 Å². The first-order valence-corrected chi connectivity index (χ1v) is 7.75. The summed E-state index contributed by atoms with van der Waals surface area (Å²) in [7, 11) is 0. The van der Waals surface area contributed by atoms with E-state index in [9.17, 15) is 0 Å². The van der Waals surface area contributed by atoms with Crippen molar-refractivity contribution in [3.8, 4) is 0 Å². The van der Waals surface area contributed by atoms with Crippen molar-refractivity contribution in [3.63, 3.8) is 0 Å². The SMILES string of the molecule is CCCCC1C(C)C2C1C1C3C(C)CC3C21. The van der Waals surface area contributed by atoms with Crippen LogP contribution in [-0.4, -0.2) is 0 Å². The third-order valence-electron chi connectivity index (χ3n) is 7.18. The molecule has 4 aliphatic rings. The topological polar surface area (TPSA) is 0 Å². The van der Waals surface area contributed by atoms with E-state index >= 15 is 0 Å². The number of unbranched alkanes of at least 4 members (excludes halogenated alkanes) is 1. The maximum atomic E-state index is 2.56. The van der Waals surface area contributed by atoms with Gasteiger partial charge in [-0.25, -0.2) is 0 Å². The third kappa shape index (κ3) is 0.875. The lowest BCUT2D eigenvalue weighted by Gasteiger charge is -2.82. The van der Waals surface area contributed by atoms with Crippen molar-refractivity contribution in [1.82, 2.24) is 0 Å². The Hall–Kier alpha value is 0. The fourth-order valence-electron chi connectivity index (χ4n) is 6.53. The van der Waals surface area contributed by atoms with Crippen molar-refractivity contribution in [2.24, 2.45) is 53.3 Å². The molecule has 0 bridgehead atoms. The van der Waals surface area contributed by atoms with Crippen LogP contribution in [0.2, 0.25) is 0 Å². The summed E-state index contributed by atoms with van der Waals surface area (Å²) in [6.07, 6.45) is 6.02. The summed E-state index contributed by atoms with van der Waals surface area (Å²) >= 11 is 0. The predicted molar refractivity (Wildman–Crippen MR) is 66.9 cm³/mol. The first-order valence-electron chi connectivity index (χ1n) is 7.75. The van der Waals surface area contributed by atoms with Crippen molar-refractivity contribution in [3.05, 3.63) is 0 Å². The molecule has 0 saturated heterocycles. The van der Waals surface area contributed by atoms with Gasteiger partial charge in [-0.05, 0) is 66.1 Å². The molecule has 9 unspecified atom stereocenters. The molecule has 0 nitrogen and oxygen atoms in total. The summed E-state index contributed by atoms with van der Waals surface area (Å²) in [5, 5.41) is 0. The maximum Gasteiger partial charge on any atom is -0.0313 e. The molecule has 0 radical (unpaired) electrons. The number of rotatable bonds is 3. The van der Waals surface area contributed by atoms with Crippen LogP contribution in [0.15, 0.2) is 0 Å². The molecule has 0 aromatic rings. The Balaban J connectivity index is 1.45. The Morgan fingerprint density at radius 2 is 1.75 bits per heavy atom. The van der Waals surface area contributed by atoms with Crippen molar-refractivity contribution in [2.75, 3.05) is 0 Å². The second-order valence-electron chi connectivity index (χ2n) is 7.43. The summed E-state index contributed by atoms with van der Waals surface area (Å²) < 4.78 is 0. The van der Waals surface area contributed by atoms with Crippen LogP contribution in [0.3, 0.4) is 0 Å². The smallest absolute Gasteiger partial charge is 0.0313 e. The van der Waals surface area contributed by atoms with Crippen LogP contribution in [0.25, 0.3) is 0 Å². The highest BCUT2D eigenvalue weighted by Crippen LogP contribution is 2.81. The predicted octanol–water partition coefficient (Wildman–Crippen LogP) is 4.21. The molecule has 4 fully saturated rings. The Morgan fingerprint density at radius 3 is 2.44 bits per heavy atom. The van der Waals surface area contributed by atoms with E-state index in [4.69, 9.17) is 0 Å². The van der Waals surface area contributed by atoms with Gasteiger partial charge in [0.05, 0.1) is 0 Å². The molecule has 4 saturated carbocycles. The zero-order valence-electron chi connectivity index (χ0n) is 11.0. The number of hydrogen-bond donors (Lipinski definition) is 0. The zero-order valence-corrected chi connectivity index (χ0v) is 11.0. The highest BCUT2D eigenvalue weighted by molar-refractivity contribution is 5.24. The van der Waals surface area contributed by atoms with E-state index in [-0.39, 0.29) is 0 Å². The van der Waals surface area contributed by atoms with E-state index in [1.165, 1.54) is 48.3 Å². The first kappa shape index (κ1) is 9.97. The van der Waals surface area contributed by atoms with E-state index in [0.29, 0.717) is 0 Å². The lowest BCUT2D eigenvalue weighted by molar-refractivity contribution is -0.350. The van der Waals surface area contributed by atoms with Crippen LogP contribution in [0, 0.1) is 53.3 Å². The Kier molecular flexibility index (Phi) is 1.91. The molecule has 0 aliphatic heterocycles. The largest absolute Gasteiger partial charge is 0.0654 e. The molecular formula is C16H26. The van der Waals surface area contributed by atoms with Gasteiger partial charge in [-0.3, -0.25) is 0 Å². The van der Waals surface area contributed by atoms with Crippen LogP contribution in [0.1, 0.15) is 46.5 Å². The van der Waals surface area contributed by atoms with Gasteiger partial charge in [-0.1, -0.05) is 33.6 Å². The van der Waals surface area contributed by atoms with Gasteiger partial charge in [-0.15, -0.1) is 0 Å². The Labute approximate surface area is 100 Å². The van der Waals surface area contributed by atoms with Gasteiger partial charge in [0.15, 0.2) is 0 Å². The van der Waals surface area contributed by atoms with E-state index < -0.39 is 0 Å². The number of hydrogen-bond acceptors (Lipinski definition) is 0. The molecular weight excluding hydrogens is 192 g/mol.